The third-order valence-corrected chi connectivity index (χ3v) is 5.91. The van der Waals surface area contributed by atoms with Crippen LogP contribution in [0.1, 0.15) is 121 Å². The molecule has 0 aromatic heterocycles. The largest absolute Gasteiger partial charge is 0.295 e. The van der Waals surface area contributed by atoms with Gasteiger partial charge >= 0.3 is 0 Å². The van der Waals surface area contributed by atoms with E-state index in [0.29, 0.717) is 18.4 Å². The van der Waals surface area contributed by atoms with Gasteiger partial charge in [-0.05, 0) is 99.0 Å². The van der Waals surface area contributed by atoms with E-state index < -0.39 is 0 Å². The molecule has 1 atom stereocenters. The van der Waals surface area contributed by atoms with Crippen molar-refractivity contribution in [1.29, 1.82) is 0 Å². The van der Waals surface area contributed by atoms with Gasteiger partial charge in [-0.1, -0.05) is 73.4 Å². The zero-order valence-electron chi connectivity index (χ0n) is 25.8. The van der Waals surface area contributed by atoms with E-state index in [1.165, 1.54) is 22.3 Å². The van der Waals surface area contributed by atoms with Crippen LogP contribution in [-0.2, 0) is 9.59 Å². The Balaban J connectivity index is -0.00000150. The van der Waals surface area contributed by atoms with E-state index in [4.69, 9.17) is 0 Å². The molecule has 0 aromatic carbocycles. The number of carbonyl (C=O) groups is 2. The Kier molecular flexibility index (Phi) is 26.3. The molecule has 37 heavy (non-hydrogen) atoms. The molecular formula is C35H56O2. The van der Waals surface area contributed by atoms with Crippen molar-refractivity contribution in [3.8, 4) is 12.8 Å². The first-order valence-electron chi connectivity index (χ1n) is 13.8. The van der Waals surface area contributed by atoms with Gasteiger partial charge in [0.25, 0.3) is 0 Å². The van der Waals surface area contributed by atoms with E-state index in [2.05, 4.69) is 78.3 Å². The second-order valence-corrected chi connectivity index (χ2v) is 9.66. The molecule has 1 rings (SSSR count). The van der Waals surface area contributed by atoms with Gasteiger partial charge in [0, 0.05) is 17.9 Å². The van der Waals surface area contributed by atoms with Crippen LogP contribution in [0.4, 0.5) is 0 Å². The van der Waals surface area contributed by atoms with Crippen molar-refractivity contribution in [2.75, 3.05) is 0 Å². The molecule has 0 bridgehead atoms. The Morgan fingerprint density at radius 1 is 0.838 bits per heavy atom. The Bertz CT molecular complexity index is 849. The standard InChI is InChI=1S/C28H42O2.C3H6.C2H6.C2H2/c1-20(2)11-8-12-21(3)13-9-14-22(4)15-10-16-23(5)17-18-26-25(7)28(30)24(6)19-27(26)29;1-3-2;2*1-2/h11,13,15,17,24H,8-10,12,14,16,18-19H2,1-7H3;3H,1H2,2H3;1-2H3;1-2H/b21-13+,22-15+,23-17+;;;. The second-order valence-electron chi connectivity index (χ2n) is 9.66. The number of carbonyl (C=O) groups excluding carboxylic acids is 2. The lowest BCUT2D eigenvalue weighted by Crippen LogP contribution is -2.25. The van der Waals surface area contributed by atoms with Gasteiger partial charge in [-0.2, -0.15) is 0 Å². The summed E-state index contributed by atoms with van der Waals surface area (Å²) in [5, 5.41) is 0. The number of terminal acetylenes is 1. The number of rotatable bonds is 11. The van der Waals surface area contributed by atoms with Crippen LogP contribution in [0, 0.1) is 18.8 Å². The third kappa shape index (κ3) is 20.1. The average Bonchev–Trinajstić information content (AvgIpc) is 2.85. The molecule has 0 saturated carbocycles. The maximum absolute atomic E-state index is 12.3. The van der Waals surface area contributed by atoms with Crippen LogP contribution in [0.15, 0.2) is 70.4 Å². The van der Waals surface area contributed by atoms with E-state index in [1.54, 1.807) is 13.0 Å². The lowest BCUT2D eigenvalue weighted by molar-refractivity contribution is -0.125. The molecule has 208 valence electrons. The van der Waals surface area contributed by atoms with Gasteiger partial charge in [-0.25, -0.2) is 0 Å². The minimum absolute atomic E-state index is 0.135. The smallest absolute Gasteiger partial charge is 0.162 e. The first kappa shape index (κ1) is 38.9. The molecular weight excluding hydrogens is 452 g/mol. The number of Topliss-reactive ketones (excluding diaryl/α,β-unsaturated/α-hetero) is 2. The topological polar surface area (TPSA) is 34.1 Å². The minimum Gasteiger partial charge on any atom is -0.295 e. The van der Waals surface area contributed by atoms with E-state index in [9.17, 15) is 9.59 Å². The van der Waals surface area contributed by atoms with Crippen LogP contribution in [0.2, 0.25) is 0 Å². The van der Waals surface area contributed by atoms with Crippen molar-refractivity contribution in [1.82, 2.24) is 0 Å². The molecule has 0 N–H and O–H groups in total. The van der Waals surface area contributed by atoms with Gasteiger partial charge in [0.2, 0.25) is 0 Å². The van der Waals surface area contributed by atoms with E-state index in [-0.39, 0.29) is 17.5 Å². The molecule has 2 nitrogen and oxygen atoms in total. The molecule has 0 fully saturated rings. The van der Waals surface area contributed by atoms with Gasteiger partial charge in [0.15, 0.2) is 11.6 Å². The van der Waals surface area contributed by atoms with Crippen molar-refractivity contribution in [3.05, 3.63) is 70.4 Å². The number of hydrogen-bond acceptors (Lipinski definition) is 2. The van der Waals surface area contributed by atoms with E-state index in [1.807, 2.05) is 27.7 Å². The van der Waals surface area contributed by atoms with E-state index in [0.717, 1.165) is 44.1 Å². The highest BCUT2D eigenvalue weighted by atomic mass is 16.1. The van der Waals surface area contributed by atoms with Crippen LogP contribution >= 0.6 is 0 Å². The van der Waals surface area contributed by atoms with Crippen molar-refractivity contribution < 1.29 is 9.59 Å². The normalized spacial score (nSPS) is 15.9. The molecule has 0 saturated heterocycles. The maximum Gasteiger partial charge on any atom is 0.162 e. The highest BCUT2D eigenvalue weighted by molar-refractivity contribution is 6.12. The molecule has 1 aliphatic rings. The summed E-state index contributed by atoms with van der Waals surface area (Å²) in [5.74, 6) is 0.120. The summed E-state index contributed by atoms with van der Waals surface area (Å²) in [6, 6.07) is 0. The van der Waals surface area contributed by atoms with Gasteiger partial charge in [-0.3, -0.25) is 9.59 Å². The first-order valence-corrected chi connectivity index (χ1v) is 13.8. The Hall–Kier alpha value is -2.66. The molecule has 0 radical (unpaired) electrons. The van der Waals surface area contributed by atoms with Crippen molar-refractivity contribution in [2.24, 2.45) is 5.92 Å². The minimum atomic E-state index is -0.157. The summed E-state index contributed by atoms with van der Waals surface area (Å²) in [6.45, 7) is 23.8. The molecule has 0 aromatic rings. The molecule has 2 heteroatoms. The number of ketones is 2. The molecule has 1 aliphatic carbocycles. The molecule has 0 spiro atoms. The van der Waals surface area contributed by atoms with Crippen molar-refractivity contribution >= 4 is 11.6 Å². The summed E-state index contributed by atoms with van der Waals surface area (Å²) >= 11 is 0. The Morgan fingerprint density at radius 2 is 1.22 bits per heavy atom. The monoisotopic (exact) mass is 508 g/mol. The van der Waals surface area contributed by atoms with Gasteiger partial charge in [-0.15, -0.1) is 19.4 Å². The zero-order valence-corrected chi connectivity index (χ0v) is 25.8. The molecule has 1 unspecified atom stereocenters. The fourth-order valence-corrected chi connectivity index (χ4v) is 3.75. The highest BCUT2D eigenvalue weighted by Crippen LogP contribution is 2.26. The van der Waals surface area contributed by atoms with Gasteiger partial charge in [0.1, 0.15) is 0 Å². The van der Waals surface area contributed by atoms with Crippen LogP contribution in [0.3, 0.4) is 0 Å². The summed E-state index contributed by atoms with van der Waals surface area (Å²) < 4.78 is 0. The van der Waals surface area contributed by atoms with Crippen molar-refractivity contribution in [3.63, 3.8) is 0 Å². The summed E-state index contributed by atoms with van der Waals surface area (Å²) in [7, 11) is 0. The zero-order chi connectivity index (χ0) is 29.4. The predicted octanol–water partition coefficient (Wildman–Crippen LogP) is 10.5. The highest BCUT2D eigenvalue weighted by Gasteiger charge is 2.28. The summed E-state index contributed by atoms with van der Waals surface area (Å²) in [5.41, 5.74) is 6.99. The lowest BCUT2D eigenvalue weighted by atomic mass is 9.82. The molecule has 0 heterocycles. The molecule has 0 amide bonds. The number of hydrogen-bond donors (Lipinski definition) is 0. The summed E-state index contributed by atoms with van der Waals surface area (Å²) in [4.78, 5) is 24.4. The number of allylic oxidation sites excluding steroid dienone is 11. The SMILES string of the molecule is C#C.C=CC.CC.CC(C)=CCC/C(C)=C/CC/C(C)=C/CC/C(C)=C/CC1=C(C)C(=O)C(C)CC1=O. The Morgan fingerprint density at radius 3 is 1.62 bits per heavy atom. The second kappa shape index (κ2) is 25.0. The van der Waals surface area contributed by atoms with Crippen LogP contribution in [-0.4, -0.2) is 11.6 Å². The van der Waals surface area contributed by atoms with E-state index >= 15 is 0 Å². The quantitative estimate of drug-likeness (QED) is 0.205. The third-order valence-electron chi connectivity index (χ3n) is 5.91. The summed E-state index contributed by atoms with van der Waals surface area (Å²) in [6.07, 6.45) is 26.4. The maximum atomic E-state index is 12.3. The van der Waals surface area contributed by atoms with Gasteiger partial charge in [0.05, 0.1) is 0 Å². The van der Waals surface area contributed by atoms with Crippen LogP contribution in [0.5, 0.6) is 0 Å². The van der Waals surface area contributed by atoms with Crippen molar-refractivity contribution in [2.45, 2.75) is 121 Å². The Labute approximate surface area is 230 Å². The average molecular weight is 509 g/mol. The van der Waals surface area contributed by atoms with Crippen LogP contribution < -0.4 is 0 Å². The lowest BCUT2D eigenvalue weighted by Gasteiger charge is -2.20. The first-order chi connectivity index (χ1) is 17.5. The fraction of sp³-hybridized carbons (Fsp3) is 0.543. The predicted molar refractivity (Wildman–Crippen MR) is 167 cm³/mol. The van der Waals surface area contributed by atoms with Gasteiger partial charge < -0.3 is 0 Å². The fourth-order valence-electron chi connectivity index (χ4n) is 3.75. The van der Waals surface area contributed by atoms with Crippen LogP contribution in [0.25, 0.3) is 0 Å². The molecule has 0 aliphatic heterocycles.